The van der Waals surface area contributed by atoms with Crippen molar-refractivity contribution in [3.05, 3.63) is 35.9 Å². The number of nitrogens with zero attached hydrogens (tertiary/aromatic N) is 1. The lowest BCUT2D eigenvalue weighted by molar-refractivity contribution is 0.800. The molecule has 1 aromatic carbocycles. The second kappa shape index (κ2) is 4.13. The molecule has 0 radical (unpaired) electrons. The van der Waals surface area contributed by atoms with Crippen LogP contribution in [0.25, 0.3) is 0 Å². The quantitative estimate of drug-likeness (QED) is 0.848. The molecule has 1 heterocycles. The zero-order chi connectivity index (χ0) is 11.0. The lowest BCUT2D eigenvalue weighted by atomic mass is 10.1. The Morgan fingerprint density at radius 3 is 2.75 bits per heavy atom. The Hall–Kier alpha value is -0.960. The van der Waals surface area contributed by atoms with Crippen molar-refractivity contribution in [3.8, 4) is 0 Å². The van der Waals surface area contributed by atoms with Gasteiger partial charge in [0.2, 0.25) is 0 Å². The number of hydrogen-bond acceptors (Lipinski definition) is 3. The van der Waals surface area contributed by atoms with E-state index in [2.05, 4.69) is 42.6 Å². The topological polar surface area (TPSA) is 24.4 Å². The van der Waals surface area contributed by atoms with Gasteiger partial charge >= 0.3 is 0 Å². The number of nitrogens with one attached hydrogen (secondary N) is 1. The monoisotopic (exact) mass is 232 g/mol. The molecule has 3 heteroatoms. The van der Waals surface area contributed by atoms with Crippen LogP contribution < -0.4 is 5.32 Å². The van der Waals surface area contributed by atoms with Crippen LogP contribution in [0, 0.1) is 5.92 Å². The highest BCUT2D eigenvalue weighted by molar-refractivity contribution is 8.14. The second-order valence-electron chi connectivity index (χ2n) is 4.64. The molecule has 1 aliphatic carbocycles. The number of amidine groups is 1. The molecule has 0 saturated heterocycles. The maximum Gasteiger partial charge on any atom is 0.157 e. The van der Waals surface area contributed by atoms with Crippen molar-refractivity contribution in [2.75, 3.05) is 5.75 Å². The first-order valence-corrected chi connectivity index (χ1v) is 6.83. The number of thioether (sulfide) groups is 1. The van der Waals surface area contributed by atoms with Crippen molar-refractivity contribution in [2.45, 2.75) is 25.4 Å². The fraction of sp³-hybridized carbons (Fsp3) is 0.462. The standard InChI is InChI=1S/C13H16N2S/c1-9-7-11(9)14-13-15-12(8-16-13)10-5-3-2-4-6-10/h2-6,9,11-12H,7-8H2,1H3,(H,14,15). The van der Waals surface area contributed by atoms with E-state index >= 15 is 0 Å². The molecule has 2 aliphatic rings. The molecule has 1 N–H and O–H groups in total. The van der Waals surface area contributed by atoms with E-state index in [0.717, 1.165) is 16.8 Å². The van der Waals surface area contributed by atoms with Gasteiger partial charge < -0.3 is 5.32 Å². The summed E-state index contributed by atoms with van der Waals surface area (Å²) in [5, 5.41) is 4.66. The van der Waals surface area contributed by atoms with E-state index in [-0.39, 0.29) is 0 Å². The molecule has 1 aliphatic heterocycles. The summed E-state index contributed by atoms with van der Waals surface area (Å²) in [4.78, 5) is 4.74. The number of rotatable bonds is 2. The smallest absolute Gasteiger partial charge is 0.157 e. The molecular weight excluding hydrogens is 216 g/mol. The predicted octanol–water partition coefficient (Wildman–Crippen LogP) is 2.83. The minimum Gasteiger partial charge on any atom is -0.362 e. The average molecular weight is 232 g/mol. The maximum absolute atomic E-state index is 4.74. The van der Waals surface area contributed by atoms with Gasteiger partial charge in [0.05, 0.1) is 6.04 Å². The van der Waals surface area contributed by atoms with Gasteiger partial charge in [-0.2, -0.15) is 0 Å². The third kappa shape index (κ3) is 2.09. The van der Waals surface area contributed by atoms with Crippen LogP contribution >= 0.6 is 11.8 Å². The summed E-state index contributed by atoms with van der Waals surface area (Å²) in [7, 11) is 0. The third-order valence-corrected chi connectivity index (χ3v) is 4.23. The first kappa shape index (κ1) is 10.2. The number of hydrogen-bond donors (Lipinski definition) is 1. The molecule has 3 rings (SSSR count). The van der Waals surface area contributed by atoms with E-state index in [1.54, 1.807) is 0 Å². The van der Waals surface area contributed by atoms with Crippen molar-refractivity contribution in [3.63, 3.8) is 0 Å². The molecule has 0 spiro atoms. The van der Waals surface area contributed by atoms with Crippen LogP contribution in [0.4, 0.5) is 0 Å². The Morgan fingerprint density at radius 2 is 2.06 bits per heavy atom. The molecule has 3 atom stereocenters. The summed E-state index contributed by atoms with van der Waals surface area (Å²) in [6.07, 6.45) is 1.30. The van der Waals surface area contributed by atoms with Crippen molar-refractivity contribution in [2.24, 2.45) is 10.9 Å². The van der Waals surface area contributed by atoms with Crippen molar-refractivity contribution in [1.82, 2.24) is 5.32 Å². The second-order valence-corrected chi connectivity index (χ2v) is 5.64. The van der Waals surface area contributed by atoms with Crippen LogP contribution in [0.15, 0.2) is 35.3 Å². The van der Waals surface area contributed by atoms with Crippen LogP contribution in [0.3, 0.4) is 0 Å². The minimum absolute atomic E-state index is 0.350. The largest absolute Gasteiger partial charge is 0.362 e. The Kier molecular flexibility index (Phi) is 2.64. The van der Waals surface area contributed by atoms with Gasteiger partial charge in [-0.05, 0) is 17.9 Å². The summed E-state index contributed by atoms with van der Waals surface area (Å²) in [6.45, 7) is 2.28. The van der Waals surface area contributed by atoms with Gasteiger partial charge in [-0.15, -0.1) is 0 Å². The van der Waals surface area contributed by atoms with E-state index < -0.39 is 0 Å². The van der Waals surface area contributed by atoms with E-state index in [4.69, 9.17) is 4.99 Å². The molecule has 0 bridgehead atoms. The van der Waals surface area contributed by atoms with Gasteiger partial charge in [-0.25, -0.2) is 0 Å². The Balaban J connectivity index is 1.67. The van der Waals surface area contributed by atoms with Gasteiger partial charge in [0.15, 0.2) is 5.17 Å². The molecule has 16 heavy (non-hydrogen) atoms. The highest BCUT2D eigenvalue weighted by Gasteiger charge is 2.34. The zero-order valence-corrected chi connectivity index (χ0v) is 10.2. The Labute approximate surface area is 101 Å². The van der Waals surface area contributed by atoms with Crippen LogP contribution in [-0.4, -0.2) is 17.0 Å². The fourth-order valence-corrected chi connectivity index (χ4v) is 3.00. The molecule has 0 amide bonds. The predicted molar refractivity (Wildman–Crippen MR) is 69.8 cm³/mol. The molecule has 2 nitrogen and oxygen atoms in total. The lowest BCUT2D eigenvalue weighted by Crippen LogP contribution is -2.22. The van der Waals surface area contributed by atoms with Crippen molar-refractivity contribution < 1.29 is 0 Å². The van der Waals surface area contributed by atoms with Gasteiger partial charge in [0.1, 0.15) is 0 Å². The van der Waals surface area contributed by atoms with E-state index in [0.29, 0.717) is 12.1 Å². The summed E-state index contributed by atoms with van der Waals surface area (Å²) >= 11 is 1.85. The summed E-state index contributed by atoms with van der Waals surface area (Å²) < 4.78 is 0. The first-order valence-electron chi connectivity index (χ1n) is 5.85. The molecule has 3 unspecified atom stereocenters. The van der Waals surface area contributed by atoms with Crippen molar-refractivity contribution in [1.29, 1.82) is 0 Å². The van der Waals surface area contributed by atoms with E-state index in [1.165, 1.54) is 12.0 Å². The van der Waals surface area contributed by atoms with Crippen LogP contribution in [0.2, 0.25) is 0 Å². The molecular formula is C13H16N2S. The fourth-order valence-electron chi connectivity index (χ4n) is 1.98. The van der Waals surface area contributed by atoms with E-state index in [1.807, 2.05) is 11.8 Å². The summed E-state index contributed by atoms with van der Waals surface area (Å²) in [5.74, 6) is 1.91. The van der Waals surface area contributed by atoms with Gasteiger partial charge in [0, 0.05) is 11.8 Å². The molecule has 1 saturated carbocycles. The number of aliphatic imine (C=N–C) groups is 1. The highest BCUT2D eigenvalue weighted by atomic mass is 32.2. The van der Waals surface area contributed by atoms with E-state index in [9.17, 15) is 0 Å². The Morgan fingerprint density at radius 1 is 1.31 bits per heavy atom. The normalized spacial score (nSPS) is 32.3. The highest BCUT2D eigenvalue weighted by Crippen LogP contribution is 2.33. The van der Waals surface area contributed by atoms with Crippen LogP contribution in [0.5, 0.6) is 0 Å². The summed E-state index contributed by atoms with van der Waals surface area (Å²) in [5.41, 5.74) is 1.33. The molecule has 1 aromatic rings. The maximum atomic E-state index is 4.74. The SMILES string of the molecule is CC1CC1NC1=NC(c2ccccc2)CS1. The summed E-state index contributed by atoms with van der Waals surface area (Å²) in [6, 6.07) is 11.6. The number of benzene rings is 1. The first-order chi connectivity index (χ1) is 7.83. The minimum atomic E-state index is 0.350. The van der Waals surface area contributed by atoms with Crippen molar-refractivity contribution >= 4 is 16.9 Å². The zero-order valence-electron chi connectivity index (χ0n) is 9.39. The van der Waals surface area contributed by atoms with Gasteiger partial charge in [-0.1, -0.05) is 49.0 Å². The van der Waals surface area contributed by atoms with Crippen LogP contribution in [0.1, 0.15) is 24.9 Å². The average Bonchev–Trinajstić information content (AvgIpc) is 2.80. The molecule has 0 aromatic heterocycles. The van der Waals surface area contributed by atoms with Gasteiger partial charge in [0.25, 0.3) is 0 Å². The lowest BCUT2D eigenvalue weighted by Gasteiger charge is -2.04. The molecule has 84 valence electrons. The third-order valence-electron chi connectivity index (χ3n) is 3.25. The van der Waals surface area contributed by atoms with Crippen LogP contribution in [-0.2, 0) is 0 Å². The van der Waals surface area contributed by atoms with Gasteiger partial charge in [-0.3, -0.25) is 4.99 Å². The Bertz CT molecular complexity index is 402. The molecule has 1 fully saturated rings.